The normalized spacial score (nSPS) is 17.2. The second-order valence-corrected chi connectivity index (χ2v) is 9.07. The topological polar surface area (TPSA) is 59.6 Å². The van der Waals surface area contributed by atoms with Gasteiger partial charge in [-0.15, -0.1) is 0 Å². The van der Waals surface area contributed by atoms with Crippen LogP contribution < -0.4 is 15.4 Å². The van der Waals surface area contributed by atoms with E-state index in [4.69, 9.17) is 9.47 Å². The zero-order valence-corrected chi connectivity index (χ0v) is 19.9. The van der Waals surface area contributed by atoms with Crippen LogP contribution in [0.15, 0.2) is 78.9 Å². The minimum atomic E-state index is -1.09. The summed E-state index contributed by atoms with van der Waals surface area (Å²) in [5, 5.41) is 6.93. The highest BCUT2D eigenvalue weighted by Gasteiger charge is 2.53. The Bertz CT molecular complexity index is 1480. The van der Waals surface area contributed by atoms with Crippen LogP contribution >= 0.6 is 0 Å². The predicted molar refractivity (Wildman–Crippen MR) is 138 cm³/mol. The summed E-state index contributed by atoms with van der Waals surface area (Å²) in [6.45, 7) is 6.97. The average Bonchev–Trinajstić information content (AvgIpc) is 3.15. The first kappa shape index (κ1) is 21.3. The van der Waals surface area contributed by atoms with E-state index in [2.05, 4.69) is 36.6 Å². The van der Waals surface area contributed by atoms with Gasteiger partial charge >= 0.3 is 5.97 Å². The minimum absolute atomic E-state index is 0.328. The van der Waals surface area contributed by atoms with Crippen molar-refractivity contribution >= 4 is 23.0 Å². The number of carbonyl (C=O) groups excluding carboxylic acids is 1. The molecule has 1 atom stereocenters. The number of hydrogen-bond donors (Lipinski definition) is 2. The summed E-state index contributed by atoms with van der Waals surface area (Å²) in [5.74, 6) is 1.04. The molecule has 5 nitrogen and oxygen atoms in total. The SMILES string of the molecule is CCNc1cc2c(cc1C)C1(OC(=O)c3ccccc31)c1cc(Nc3ccccc3)c(C)cc1O2. The first-order valence-electron chi connectivity index (χ1n) is 11.9. The van der Waals surface area contributed by atoms with Crippen LogP contribution in [0.3, 0.4) is 0 Å². The number of nitrogens with one attached hydrogen (secondary N) is 2. The fourth-order valence-corrected chi connectivity index (χ4v) is 5.16. The Morgan fingerprint density at radius 3 is 2.26 bits per heavy atom. The third kappa shape index (κ3) is 3.19. The number of rotatable bonds is 4. The first-order chi connectivity index (χ1) is 17.0. The van der Waals surface area contributed by atoms with Gasteiger partial charge in [-0.2, -0.15) is 0 Å². The molecule has 0 bridgehead atoms. The van der Waals surface area contributed by atoms with Gasteiger partial charge in [-0.1, -0.05) is 36.4 Å². The molecule has 0 aromatic heterocycles. The standard InChI is InChI=1S/C30H26N2O3/c1-4-31-25-17-28-23(14-18(25)2)30(22-13-9-8-12-21(22)29(33)35-30)24-16-26(19(3)15-27(24)34-28)32-20-10-6-5-7-11-20/h5-17,31-32H,4H2,1-3H3. The maximum absolute atomic E-state index is 13.2. The van der Waals surface area contributed by atoms with Crippen molar-refractivity contribution in [3.05, 3.63) is 112 Å². The quantitative estimate of drug-likeness (QED) is 0.318. The molecule has 0 amide bonds. The minimum Gasteiger partial charge on any atom is -0.456 e. The third-order valence-electron chi connectivity index (χ3n) is 6.82. The van der Waals surface area contributed by atoms with Gasteiger partial charge in [0.2, 0.25) is 0 Å². The van der Waals surface area contributed by atoms with Crippen molar-refractivity contribution < 1.29 is 14.3 Å². The largest absolute Gasteiger partial charge is 0.456 e. The van der Waals surface area contributed by atoms with Gasteiger partial charge < -0.3 is 20.1 Å². The van der Waals surface area contributed by atoms with Crippen molar-refractivity contribution in [2.24, 2.45) is 0 Å². The van der Waals surface area contributed by atoms with E-state index >= 15 is 0 Å². The molecule has 2 aliphatic heterocycles. The van der Waals surface area contributed by atoms with Crippen LogP contribution in [0.25, 0.3) is 0 Å². The molecule has 4 aromatic rings. The molecule has 5 heteroatoms. The van der Waals surface area contributed by atoms with E-state index in [9.17, 15) is 4.79 Å². The molecule has 35 heavy (non-hydrogen) atoms. The van der Waals surface area contributed by atoms with E-state index in [1.165, 1.54) is 0 Å². The fourth-order valence-electron chi connectivity index (χ4n) is 5.16. The lowest BCUT2D eigenvalue weighted by molar-refractivity contribution is 0.0224. The summed E-state index contributed by atoms with van der Waals surface area (Å²) in [7, 11) is 0. The van der Waals surface area contributed by atoms with Crippen molar-refractivity contribution in [2.75, 3.05) is 17.2 Å². The van der Waals surface area contributed by atoms with Crippen LogP contribution in [0.4, 0.5) is 17.1 Å². The van der Waals surface area contributed by atoms with E-state index in [-0.39, 0.29) is 5.97 Å². The summed E-state index contributed by atoms with van der Waals surface area (Å²) in [6, 6.07) is 25.8. The van der Waals surface area contributed by atoms with Crippen LogP contribution in [0.5, 0.6) is 11.5 Å². The highest BCUT2D eigenvalue weighted by molar-refractivity contribution is 5.97. The van der Waals surface area contributed by atoms with Gasteiger partial charge in [0.05, 0.1) is 5.56 Å². The number of anilines is 3. The summed E-state index contributed by atoms with van der Waals surface area (Å²) in [4.78, 5) is 13.2. The maximum Gasteiger partial charge on any atom is 0.340 e. The number of aryl methyl sites for hydroxylation is 2. The van der Waals surface area contributed by atoms with Gasteiger partial charge in [0.1, 0.15) is 11.5 Å². The Hall–Kier alpha value is -4.25. The molecule has 0 fully saturated rings. The highest BCUT2D eigenvalue weighted by atomic mass is 16.6. The number of benzene rings is 4. The van der Waals surface area contributed by atoms with Gasteiger partial charge in [0.25, 0.3) is 0 Å². The lowest BCUT2D eigenvalue weighted by Gasteiger charge is -2.37. The van der Waals surface area contributed by atoms with Crippen molar-refractivity contribution in [3.63, 3.8) is 0 Å². The molecule has 0 saturated carbocycles. The van der Waals surface area contributed by atoms with Crippen LogP contribution in [0, 0.1) is 13.8 Å². The Morgan fingerprint density at radius 2 is 1.46 bits per heavy atom. The van der Waals surface area contributed by atoms with Crippen molar-refractivity contribution in [1.29, 1.82) is 0 Å². The second kappa shape index (κ2) is 7.91. The van der Waals surface area contributed by atoms with Crippen LogP contribution in [-0.4, -0.2) is 12.5 Å². The summed E-state index contributed by atoms with van der Waals surface area (Å²) in [5.41, 5.74) is 6.97. The Labute approximate surface area is 204 Å². The molecule has 174 valence electrons. The van der Waals surface area contributed by atoms with Gasteiger partial charge in [-0.25, -0.2) is 4.79 Å². The van der Waals surface area contributed by atoms with Gasteiger partial charge in [0.15, 0.2) is 5.60 Å². The molecule has 0 radical (unpaired) electrons. The monoisotopic (exact) mass is 462 g/mol. The molecule has 0 aliphatic carbocycles. The first-order valence-corrected chi connectivity index (χ1v) is 11.9. The lowest BCUT2D eigenvalue weighted by atomic mass is 9.76. The number of esters is 1. The number of carbonyl (C=O) groups is 1. The zero-order valence-electron chi connectivity index (χ0n) is 19.9. The second-order valence-electron chi connectivity index (χ2n) is 9.07. The molecular formula is C30H26N2O3. The molecule has 6 rings (SSSR count). The summed E-state index contributed by atoms with van der Waals surface area (Å²) in [6.07, 6.45) is 0. The van der Waals surface area contributed by atoms with E-state index in [0.717, 1.165) is 51.4 Å². The number of fused-ring (bicyclic) bond motifs is 6. The molecule has 1 unspecified atom stereocenters. The van der Waals surface area contributed by atoms with E-state index in [0.29, 0.717) is 17.1 Å². The molecule has 2 heterocycles. The van der Waals surface area contributed by atoms with Crippen molar-refractivity contribution in [3.8, 4) is 11.5 Å². The van der Waals surface area contributed by atoms with E-state index < -0.39 is 5.60 Å². The number of hydrogen-bond acceptors (Lipinski definition) is 5. The summed E-state index contributed by atoms with van der Waals surface area (Å²) >= 11 is 0. The molecule has 2 aliphatic rings. The molecular weight excluding hydrogens is 436 g/mol. The van der Waals surface area contributed by atoms with Crippen LogP contribution in [0.1, 0.15) is 45.1 Å². The Balaban J connectivity index is 1.61. The Morgan fingerprint density at radius 1 is 0.771 bits per heavy atom. The smallest absolute Gasteiger partial charge is 0.340 e. The maximum atomic E-state index is 13.2. The van der Waals surface area contributed by atoms with Gasteiger partial charge in [-0.05, 0) is 68.3 Å². The van der Waals surface area contributed by atoms with E-state index in [1.807, 2.05) is 73.7 Å². The molecule has 0 saturated heterocycles. The number of para-hydroxylation sites is 1. The fraction of sp³-hybridized carbons (Fsp3) is 0.167. The molecule has 1 spiro atoms. The molecule has 2 N–H and O–H groups in total. The Kier molecular flexibility index (Phi) is 4.81. The zero-order chi connectivity index (χ0) is 24.2. The molecule has 4 aromatic carbocycles. The van der Waals surface area contributed by atoms with Crippen LogP contribution in [-0.2, 0) is 10.3 Å². The third-order valence-corrected chi connectivity index (χ3v) is 6.82. The van der Waals surface area contributed by atoms with Gasteiger partial charge in [0, 0.05) is 46.4 Å². The van der Waals surface area contributed by atoms with Crippen molar-refractivity contribution in [1.82, 2.24) is 0 Å². The predicted octanol–water partition coefficient (Wildman–Crippen LogP) is 7.05. The van der Waals surface area contributed by atoms with Crippen molar-refractivity contribution in [2.45, 2.75) is 26.4 Å². The van der Waals surface area contributed by atoms with Crippen LogP contribution in [0.2, 0.25) is 0 Å². The van der Waals surface area contributed by atoms with E-state index in [1.54, 1.807) is 0 Å². The van der Waals surface area contributed by atoms with Gasteiger partial charge in [-0.3, -0.25) is 0 Å². The highest BCUT2D eigenvalue weighted by Crippen LogP contribution is 2.57. The number of ether oxygens (including phenoxy) is 2. The average molecular weight is 463 g/mol. The lowest BCUT2D eigenvalue weighted by Crippen LogP contribution is -2.33. The summed E-state index contributed by atoms with van der Waals surface area (Å²) < 4.78 is 12.8.